The first kappa shape index (κ1) is 8.90. The zero-order valence-corrected chi connectivity index (χ0v) is 7.37. The molecule has 2 rings (SSSR count). The molecule has 14 heavy (non-hydrogen) atoms. The van der Waals surface area contributed by atoms with E-state index in [1.54, 1.807) is 6.07 Å². The number of rotatable bonds is 1. The van der Waals surface area contributed by atoms with Gasteiger partial charge in [0.25, 0.3) is 0 Å². The van der Waals surface area contributed by atoms with Gasteiger partial charge in [0.2, 0.25) is 0 Å². The number of nitrogens with zero attached hydrogens (tertiary/aromatic N) is 1. The first-order valence-corrected chi connectivity index (χ1v) is 4.16. The van der Waals surface area contributed by atoms with Gasteiger partial charge < -0.3 is 10.8 Å². The highest BCUT2D eigenvalue weighted by atomic mass is 19.1. The highest BCUT2D eigenvalue weighted by Gasteiger charge is 2.06. The summed E-state index contributed by atoms with van der Waals surface area (Å²) in [6.45, 7) is -0.214. The molecule has 3 N–H and O–H groups in total. The van der Waals surface area contributed by atoms with Crippen LogP contribution in [0.3, 0.4) is 0 Å². The second kappa shape index (κ2) is 3.23. The van der Waals surface area contributed by atoms with Gasteiger partial charge in [-0.1, -0.05) is 0 Å². The number of nitrogen functional groups attached to an aromatic ring is 1. The number of hydrogen-bond acceptors (Lipinski definition) is 3. The number of aromatic nitrogens is 1. The van der Waals surface area contributed by atoms with E-state index < -0.39 is 0 Å². The fourth-order valence-corrected chi connectivity index (χ4v) is 1.41. The Balaban J connectivity index is 2.84. The lowest BCUT2D eigenvalue weighted by Gasteiger charge is -2.06. The van der Waals surface area contributed by atoms with Gasteiger partial charge in [0.05, 0.1) is 24.0 Å². The van der Waals surface area contributed by atoms with Crippen molar-refractivity contribution in [1.82, 2.24) is 4.98 Å². The maximum atomic E-state index is 12.9. The van der Waals surface area contributed by atoms with Crippen LogP contribution in [0.25, 0.3) is 10.9 Å². The third-order valence-corrected chi connectivity index (χ3v) is 2.13. The lowest BCUT2D eigenvalue weighted by atomic mass is 10.1. The molecular formula is C10H9FN2O. The molecule has 0 saturated heterocycles. The molecule has 0 unspecified atom stereocenters. The van der Waals surface area contributed by atoms with Gasteiger partial charge in [-0.05, 0) is 18.2 Å². The number of nitrogens with two attached hydrogens (primary N) is 1. The van der Waals surface area contributed by atoms with Crippen LogP contribution in [0.5, 0.6) is 0 Å². The van der Waals surface area contributed by atoms with E-state index in [2.05, 4.69) is 4.98 Å². The number of fused-ring (bicyclic) bond motifs is 1. The lowest BCUT2D eigenvalue weighted by molar-refractivity contribution is 0.284. The van der Waals surface area contributed by atoms with Gasteiger partial charge in [0.15, 0.2) is 0 Å². The molecule has 0 spiro atoms. The summed E-state index contributed by atoms with van der Waals surface area (Å²) in [5, 5.41) is 9.64. The Morgan fingerprint density at radius 2 is 2.21 bits per heavy atom. The molecular weight excluding hydrogens is 183 g/mol. The van der Waals surface area contributed by atoms with Gasteiger partial charge in [-0.3, -0.25) is 4.98 Å². The third kappa shape index (κ3) is 1.29. The Morgan fingerprint density at radius 3 is 2.93 bits per heavy atom. The van der Waals surface area contributed by atoms with Crippen molar-refractivity contribution in [2.45, 2.75) is 6.61 Å². The Hall–Kier alpha value is -1.68. The zero-order chi connectivity index (χ0) is 10.1. The van der Waals surface area contributed by atoms with Crippen LogP contribution in [-0.2, 0) is 6.61 Å². The largest absolute Gasteiger partial charge is 0.397 e. The van der Waals surface area contributed by atoms with Crippen molar-refractivity contribution in [1.29, 1.82) is 0 Å². The van der Waals surface area contributed by atoms with E-state index in [1.807, 2.05) is 0 Å². The average Bonchev–Trinajstić information content (AvgIpc) is 2.17. The summed E-state index contributed by atoms with van der Waals surface area (Å²) >= 11 is 0. The zero-order valence-electron chi connectivity index (χ0n) is 7.37. The van der Waals surface area contributed by atoms with Crippen LogP contribution in [0.2, 0.25) is 0 Å². The van der Waals surface area contributed by atoms with Crippen molar-refractivity contribution in [3.63, 3.8) is 0 Å². The van der Waals surface area contributed by atoms with Crippen LogP contribution in [-0.4, -0.2) is 10.1 Å². The Bertz CT molecular complexity index is 480. The summed E-state index contributed by atoms with van der Waals surface area (Å²) in [6, 6.07) is 4.21. The molecule has 0 amide bonds. The standard InChI is InChI=1S/C10H9FN2O/c11-6-1-2-10-7(3-6)8(5-14)9(12)4-13-10/h1-4,14H,5,12H2. The first-order valence-electron chi connectivity index (χ1n) is 4.16. The number of aliphatic hydroxyl groups excluding tert-OH is 1. The fourth-order valence-electron chi connectivity index (χ4n) is 1.41. The van der Waals surface area contributed by atoms with Crippen molar-refractivity contribution in [3.8, 4) is 0 Å². The maximum absolute atomic E-state index is 12.9. The summed E-state index contributed by atoms with van der Waals surface area (Å²) in [5.41, 5.74) is 7.13. The molecule has 0 aliphatic rings. The number of benzene rings is 1. The van der Waals surface area contributed by atoms with Crippen molar-refractivity contribution < 1.29 is 9.50 Å². The van der Waals surface area contributed by atoms with Crippen LogP contribution in [0, 0.1) is 5.82 Å². The highest BCUT2D eigenvalue weighted by molar-refractivity contribution is 5.85. The van der Waals surface area contributed by atoms with Crippen LogP contribution < -0.4 is 5.73 Å². The second-order valence-corrected chi connectivity index (χ2v) is 3.01. The molecule has 0 aliphatic carbocycles. The monoisotopic (exact) mass is 192 g/mol. The molecule has 1 aromatic heterocycles. The molecule has 3 nitrogen and oxygen atoms in total. The number of pyridine rings is 1. The number of hydrogen-bond donors (Lipinski definition) is 2. The minimum atomic E-state index is -0.361. The van der Waals surface area contributed by atoms with Crippen molar-refractivity contribution in [2.24, 2.45) is 0 Å². The van der Waals surface area contributed by atoms with Crippen LogP contribution in [0.4, 0.5) is 10.1 Å². The maximum Gasteiger partial charge on any atom is 0.123 e. The van der Waals surface area contributed by atoms with Crippen LogP contribution >= 0.6 is 0 Å². The molecule has 2 aromatic rings. The van der Waals surface area contributed by atoms with E-state index in [1.165, 1.54) is 18.3 Å². The van der Waals surface area contributed by atoms with Crippen molar-refractivity contribution in [3.05, 3.63) is 35.8 Å². The SMILES string of the molecule is Nc1cnc2ccc(F)cc2c1CO. The molecule has 0 fully saturated rings. The predicted molar refractivity (Wildman–Crippen MR) is 52.0 cm³/mol. The molecule has 0 aliphatic heterocycles. The van der Waals surface area contributed by atoms with Gasteiger partial charge in [0, 0.05) is 10.9 Å². The summed E-state index contributed by atoms with van der Waals surface area (Å²) in [4.78, 5) is 4.03. The van der Waals surface area contributed by atoms with E-state index in [0.717, 1.165) is 0 Å². The summed E-state index contributed by atoms with van der Waals surface area (Å²) in [6.07, 6.45) is 1.46. The first-order chi connectivity index (χ1) is 6.72. The molecule has 0 radical (unpaired) electrons. The van der Waals surface area contributed by atoms with E-state index >= 15 is 0 Å². The third-order valence-electron chi connectivity index (χ3n) is 2.13. The Kier molecular flexibility index (Phi) is 2.05. The topological polar surface area (TPSA) is 59.1 Å². The molecule has 72 valence electrons. The lowest BCUT2D eigenvalue weighted by Crippen LogP contribution is -1.97. The number of anilines is 1. The van der Waals surface area contributed by atoms with Crippen LogP contribution in [0.1, 0.15) is 5.56 Å². The van der Waals surface area contributed by atoms with E-state index in [-0.39, 0.29) is 12.4 Å². The average molecular weight is 192 g/mol. The number of aliphatic hydroxyl groups is 1. The molecule has 0 bridgehead atoms. The molecule has 4 heteroatoms. The van der Waals surface area contributed by atoms with Gasteiger partial charge in [-0.15, -0.1) is 0 Å². The Labute approximate surface area is 80.0 Å². The minimum Gasteiger partial charge on any atom is -0.397 e. The molecule has 0 saturated carbocycles. The highest BCUT2D eigenvalue weighted by Crippen LogP contribution is 2.22. The predicted octanol–water partition coefficient (Wildman–Crippen LogP) is 1.45. The quantitative estimate of drug-likeness (QED) is 0.718. The summed E-state index contributed by atoms with van der Waals surface area (Å²) in [5.74, 6) is -0.361. The Morgan fingerprint density at radius 1 is 1.43 bits per heavy atom. The fraction of sp³-hybridized carbons (Fsp3) is 0.100. The number of halogens is 1. The molecule has 1 aromatic carbocycles. The van der Waals surface area contributed by atoms with Crippen LogP contribution in [0.15, 0.2) is 24.4 Å². The van der Waals surface area contributed by atoms with Gasteiger partial charge in [-0.2, -0.15) is 0 Å². The van der Waals surface area contributed by atoms with Crippen molar-refractivity contribution in [2.75, 3.05) is 5.73 Å². The van der Waals surface area contributed by atoms with Crippen molar-refractivity contribution >= 4 is 16.6 Å². The van der Waals surface area contributed by atoms with Gasteiger partial charge >= 0.3 is 0 Å². The second-order valence-electron chi connectivity index (χ2n) is 3.01. The van der Waals surface area contributed by atoms with E-state index in [0.29, 0.717) is 22.2 Å². The summed E-state index contributed by atoms with van der Waals surface area (Å²) in [7, 11) is 0. The summed E-state index contributed by atoms with van der Waals surface area (Å²) < 4.78 is 12.9. The molecule has 1 heterocycles. The van der Waals surface area contributed by atoms with Gasteiger partial charge in [-0.25, -0.2) is 4.39 Å². The van der Waals surface area contributed by atoms with E-state index in [9.17, 15) is 4.39 Å². The van der Waals surface area contributed by atoms with Gasteiger partial charge in [0.1, 0.15) is 5.82 Å². The normalized spacial score (nSPS) is 10.7. The van der Waals surface area contributed by atoms with E-state index in [4.69, 9.17) is 10.8 Å². The molecule has 0 atom stereocenters. The minimum absolute atomic E-state index is 0.214. The smallest absolute Gasteiger partial charge is 0.123 e.